The third-order valence-electron chi connectivity index (χ3n) is 5.69. The van der Waals surface area contributed by atoms with Gasteiger partial charge in [0, 0.05) is 19.1 Å². The lowest BCUT2D eigenvalue weighted by Gasteiger charge is -2.18. The molecule has 1 aliphatic heterocycles. The first-order valence-electron chi connectivity index (χ1n) is 11.1. The highest BCUT2D eigenvalue weighted by molar-refractivity contribution is 7.99. The third kappa shape index (κ3) is 4.75. The molecule has 8 heteroatoms. The van der Waals surface area contributed by atoms with Crippen molar-refractivity contribution in [2.75, 3.05) is 29.1 Å². The number of nitrogens with one attached hydrogen (secondary N) is 1. The molecule has 1 saturated heterocycles. The molecule has 5 rings (SSSR count). The fourth-order valence-corrected chi connectivity index (χ4v) is 4.66. The number of para-hydroxylation sites is 2. The second-order valence-electron chi connectivity index (χ2n) is 8.33. The van der Waals surface area contributed by atoms with Gasteiger partial charge in [-0.25, -0.2) is 0 Å². The summed E-state index contributed by atoms with van der Waals surface area (Å²) in [6.07, 6.45) is 4.71. The average Bonchev–Trinajstić information content (AvgIpc) is 3.31. The van der Waals surface area contributed by atoms with Crippen LogP contribution in [0.15, 0.2) is 53.7 Å². The van der Waals surface area contributed by atoms with Crippen LogP contribution in [0.2, 0.25) is 0 Å². The molecule has 2 fully saturated rings. The van der Waals surface area contributed by atoms with E-state index in [0.717, 1.165) is 42.8 Å². The zero-order valence-electron chi connectivity index (χ0n) is 18.2. The van der Waals surface area contributed by atoms with Crippen molar-refractivity contribution in [1.29, 1.82) is 0 Å². The maximum atomic E-state index is 12.7. The van der Waals surface area contributed by atoms with Crippen LogP contribution >= 0.6 is 11.8 Å². The van der Waals surface area contributed by atoms with Crippen molar-refractivity contribution in [2.45, 2.75) is 43.8 Å². The molecule has 2 aliphatic rings. The van der Waals surface area contributed by atoms with Gasteiger partial charge in [0.1, 0.15) is 5.75 Å². The van der Waals surface area contributed by atoms with Crippen molar-refractivity contribution in [3.63, 3.8) is 0 Å². The lowest BCUT2D eigenvalue weighted by Crippen LogP contribution is -2.22. The third-order valence-corrected chi connectivity index (χ3v) is 6.63. The highest BCUT2D eigenvalue weighted by Gasteiger charge is 2.32. The number of amides is 1. The van der Waals surface area contributed by atoms with Crippen LogP contribution < -0.4 is 15.0 Å². The van der Waals surface area contributed by atoms with Gasteiger partial charge >= 0.3 is 0 Å². The van der Waals surface area contributed by atoms with E-state index < -0.39 is 0 Å². The zero-order chi connectivity index (χ0) is 21.9. The summed E-state index contributed by atoms with van der Waals surface area (Å²) in [6.45, 7) is 4.11. The Bertz CT molecular complexity index is 1090. The molecule has 7 nitrogen and oxygen atoms in total. The summed E-state index contributed by atoms with van der Waals surface area (Å²) in [6, 6.07) is 15.8. The van der Waals surface area contributed by atoms with E-state index in [1.807, 2.05) is 55.5 Å². The molecule has 2 aromatic carbocycles. The van der Waals surface area contributed by atoms with Crippen LogP contribution in [0.3, 0.4) is 0 Å². The summed E-state index contributed by atoms with van der Waals surface area (Å²) in [7, 11) is 0. The number of aryl methyl sites for hydroxylation is 1. The van der Waals surface area contributed by atoms with Crippen LogP contribution in [-0.4, -0.2) is 39.5 Å². The molecule has 1 aliphatic carbocycles. The number of benzene rings is 2. The summed E-state index contributed by atoms with van der Waals surface area (Å²) < 4.78 is 8.23. The van der Waals surface area contributed by atoms with Gasteiger partial charge in [-0.15, -0.1) is 10.2 Å². The second-order valence-corrected chi connectivity index (χ2v) is 9.27. The van der Waals surface area contributed by atoms with Crippen molar-refractivity contribution < 1.29 is 9.53 Å². The van der Waals surface area contributed by atoms with E-state index in [2.05, 4.69) is 25.0 Å². The van der Waals surface area contributed by atoms with E-state index in [0.29, 0.717) is 17.5 Å². The molecule has 2 heterocycles. The summed E-state index contributed by atoms with van der Waals surface area (Å²) in [5, 5.41) is 12.7. The smallest absolute Gasteiger partial charge is 0.234 e. The maximum Gasteiger partial charge on any atom is 0.234 e. The quantitative estimate of drug-likeness (QED) is 0.486. The Morgan fingerprint density at radius 3 is 2.59 bits per heavy atom. The molecular formula is C24H27N5O2S. The lowest BCUT2D eigenvalue weighted by molar-refractivity contribution is -0.113. The molecule has 166 valence electrons. The van der Waals surface area contributed by atoms with E-state index in [4.69, 9.17) is 4.74 Å². The van der Waals surface area contributed by atoms with Gasteiger partial charge in [0.05, 0.1) is 11.4 Å². The molecule has 0 spiro atoms. The molecule has 1 saturated carbocycles. The number of thioether (sulfide) groups is 1. The summed E-state index contributed by atoms with van der Waals surface area (Å²) in [5.74, 6) is 2.49. The molecule has 32 heavy (non-hydrogen) atoms. The number of nitrogens with zero attached hydrogens (tertiary/aromatic N) is 4. The fourth-order valence-electron chi connectivity index (χ4n) is 3.86. The number of rotatable bonds is 8. The van der Waals surface area contributed by atoms with Gasteiger partial charge in [-0.05, 0) is 56.9 Å². The number of hydrogen-bond donors (Lipinski definition) is 1. The monoisotopic (exact) mass is 449 g/mol. The molecule has 0 bridgehead atoms. The van der Waals surface area contributed by atoms with Crippen LogP contribution in [0, 0.1) is 6.92 Å². The van der Waals surface area contributed by atoms with E-state index in [-0.39, 0.29) is 11.7 Å². The van der Waals surface area contributed by atoms with Gasteiger partial charge in [0.15, 0.2) is 10.9 Å². The normalized spacial score (nSPS) is 15.7. The Morgan fingerprint density at radius 1 is 1.09 bits per heavy atom. The first kappa shape index (κ1) is 20.9. The summed E-state index contributed by atoms with van der Waals surface area (Å²) in [4.78, 5) is 15.1. The number of hydrogen-bond acceptors (Lipinski definition) is 6. The topological polar surface area (TPSA) is 72.3 Å². The Balaban J connectivity index is 1.24. The Labute approximate surface area is 192 Å². The fraction of sp³-hybridized carbons (Fsp3) is 0.375. The number of carbonyl (C=O) groups excluding carboxylic acids is 1. The van der Waals surface area contributed by atoms with Crippen molar-refractivity contribution in [1.82, 2.24) is 14.8 Å². The SMILES string of the molecule is Cc1ccc(Oc2ccccc2NC(=O)CSc2nnc(N3CCCC3)n2C2CC2)cc1. The summed E-state index contributed by atoms with van der Waals surface area (Å²) in [5.41, 5.74) is 1.82. The van der Waals surface area contributed by atoms with E-state index in [1.165, 1.54) is 30.2 Å². The maximum absolute atomic E-state index is 12.7. The van der Waals surface area contributed by atoms with Crippen LogP contribution in [0.25, 0.3) is 0 Å². The highest BCUT2D eigenvalue weighted by Crippen LogP contribution is 2.41. The Hall–Kier alpha value is -3.00. The number of anilines is 2. The van der Waals surface area contributed by atoms with Crippen molar-refractivity contribution in [3.8, 4) is 11.5 Å². The van der Waals surface area contributed by atoms with Crippen LogP contribution in [0.5, 0.6) is 11.5 Å². The Morgan fingerprint density at radius 2 is 1.84 bits per heavy atom. The van der Waals surface area contributed by atoms with Gasteiger partial charge < -0.3 is 15.0 Å². The second kappa shape index (κ2) is 9.24. The molecule has 1 N–H and O–H groups in total. The van der Waals surface area contributed by atoms with Gasteiger partial charge in [0.25, 0.3) is 0 Å². The van der Waals surface area contributed by atoms with E-state index >= 15 is 0 Å². The van der Waals surface area contributed by atoms with Crippen LogP contribution in [0.1, 0.15) is 37.3 Å². The number of ether oxygens (including phenoxy) is 1. The largest absolute Gasteiger partial charge is 0.455 e. The molecule has 0 atom stereocenters. The molecule has 0 unspecified atom stereocenters. The average molecular weight is 450 g/mol. The van der Waals surface area contributed by atoms with Gasteiger partial charge in [0.2, 0.25) is 11.9 Å². The van der Waals surface area contributed by atoms with Crippen LogP contribution in [-0.2, 0) is 4.79 Å². The minimum Gasteiger partial charge on any atom is -0.455 e. The lowest BCUT2D eigenvalue weighted by atomic mass is 10.2. The van der Waals surface area contributed by atoms with Gasteiger partial charge in [-0.3, -0.25) is 9.36 Å². The standard InChI is InChI=1S/C24H27N5O2S/c1-17-8-12-19(13-9-17)31-21-7-3-2-6-20(21)25-22(30)16-32-24-27-26-23(28-14-4-5-15-28)29(24)18-10-11-18/h2-3,6-9,12-13,18H,4-5,10-11,14-16H2,1H3,(H,25,30). The molecule has 0 radical (unpaired) electrons. The molecule has 3 aromatic rings. The predicted molar refractivity (Wildman–Crippen MR) is 127 cm³/mol. The minimum absolute atomic E-state index is 0.0944. The molecule has 1 aromatic heterocycles. The first-order valence-corrected chi connectivity index (χ1v) is 12.1. The first-order chi connectivity index (χ1) is 15.7. The van der Waals surface area contributed by atoms with Crippen molar-refractivity contribution >= 4 is 29.3 Å². The zero-order valence-corrected chi connectivity index (χ0v) is 19.0. The predicted octanol–water partition coefficient (Wildman–Crippen LogP) is 5.04. The van der Waals surface area contributed by atoms with Crippen molar-refractivity contribution in [2.24, 2.45) is 0 Å². The summed E-state index contributed by atoms with van der Waals surface area (Å²) >= 11 is 1.44. The minimum atomic E-state index is -0.0944. The molecule has 1 amide bonds. The van der Waals surface area contributed by atoms with Gasteiger partial charge in [-0.2, -0.15) is 0 Å². The number of carbonyl (C=O) groups is 1. The van der Waals surface area contributed by atoms with Crippen LogP contribution in [0.4, 0.5) is 11.6 Å². The van der Waals surface area contributed by atoms with E-state index in [1.54, 1.807) is 0 Å². The number of aromatic nitrogens is 3. The van der Waals surface area contributed by atoms with Gasteiger partial charge in [-0.1, -0.05) is 41.6 Å². The Kier molecular flexibility index (Phi) is 6.03. The highest BCUT2D eigenvalue weighted by atomic mass is 32.2. The van der Waals surface area contributed by atoms with E-state index in [9.17, 15) is 4.79 Å². The molecular weight excluding hydrogens is 422 g/mol. The van der Waals surface area contributed by atoms with Crippen molar-refractivity contribution in [3.05, 3.63) is 54.1 Å².